The van der Waals surface area contributed by atoms with E-state index in [1.807, 2.05) is 6.92 Å². The second kappa shape index (κ2) is 10.8. The molecule has 1 fully saturated rings. The average molecular weight is 494 g/mol. The quantitative estimate of drug-likeness (QED) is 0.249. The lowest BCUT2D eigenvalue weighted by Gasteiger charge is -2.13. The molecule has 178 valence electrons. The molecule has 10 heteroatoms. The van der Waals surface area contributed by atoms with Gasteiger partial charge in [0.05, 0.1) is 22.1 Å². The van der Waals surface area contributed by atoms with Crippen LogP contribution in [-0.4, -0.2) is 22.6 Å². The number of halogens is 1. The van der Waals surface area contributed by atoms with Crippen LogP contribution in [0, 0.1) is 15.9 Å². The van der Waals surface area contributed by atoms with Crippen molar-refractivity contribution in [2.24, 2.45) is 4.99 Å². The summed E-state index contributed by atoms with van der Waals surface area (Å²) in [4.78, 5) is 27.7. The average Bonchev–Trinajstić information content (AvgIpc) is 3.18. The van der Waals surface area contributed by atoms with Crippen LogP contribution >= 0.6 is 11.8 Å². The Labute approximate surface area is 204 Å². The van der Waals surface area contributed by atoms with Gasteiger partial charge < -0.3 is 14.8 Å². The summed E-state index contributed by atoms with van der Waals surface area (Å²) in [6.07, 6.45) is 1.71. The number of benzene rings is 3. The number of carbonyl (C=O) groups excluding carboxylic acids is 1. The SMILES string of the molecule is CCOc1cc(/C=C2/SC(=Nc3ccc(F)cc3)NC2=O)ccc1OCc1cccc([N+](=O)[O-])c1. The molecule has 0 atom stereocenters. The van der Waals surface area contributed by atoms with E-state index in [2.05, 4.69) is 10.3 Å². The lowest BCUT2D eigenvalue weighted by Crippen LogP contribution is -2.19. The Kier molecular flexibility index (Phi) is 7.41. The summed E-state index contributed by atoms with van der Waals surface area (Å²) in [5.41, 5.74) is 1.89. The second-order valence-corrected chi connectivity index (χ2v) is 8.34. The van der Waals surface area contributed by atoms with Crippen molar-refractivity contribution >= 4 is 40.3 Å². The monoisotopic (exact) mass is 493 g/mol. The molecule has 1 aliphatic heterocycles. The number of amides is 1. The van der Waals surface area contributed by atoms with Crippen LogP contribution in [0.4, 0.5) is 15.8 Å². The molecule has 0 saturated carbocycles. The normalized spacial score (nSPS) is 15.3. The number of aliphatic imine (C=N–C) groups is 1. The number of nitrogens with one attached hydrogen (secondary N) is 1. The number of hydrogen-bond acceptors (Lipinski definition) is 7. The van der Waals surface area contributed by atoms with Crippen LogP contribution in [-0.2, 0) is 11.4 Å². The van der Waals surface area contributed by atoms with Crippen molar-refractivity contribution in [1.29, 1.82) is 0 Å². The maximum absolute atomic E-state index is 13.1. The van der Waals surface area contributed by atoms with Crippen molar-refractivity contribution in [3.8, 4) is 11.5 Å². The van der Waals surface area contributed by atoms with Gasteiger partial charge in [-0.15, -0.1) is 0 Å². The maximum atomic E-state index is 13.1. The largest absolute Gasteiger partial charge is 0.490 e. The van der Waals surface area contributed by atoms with Crippen LogP contribution in [0.3, 0.4) is 0 Å². The summed E-state index contributed by atoms with van der Waals surface area (Å²) >= 11 is 1.18. The molecule has 0 aliphatic carbocycles. The van der Waals surface area contributed by atoms with E-state index in [4.69, 9.17) is 9.47 Å². The second-order valence-electron chi connectivity index (χ2n) is 7.31. The zero-order chi connectivity index (χ0) is 24.8. The molecule has 0 aromatic heterocycles. The molecule has 1 amide bonds. The Hall–Kier alpha value is -4.18. The summed E-state index contributed by atoms with van der Waals surface area (Å²) < 4.78 is 24.6. The number of ether oxygens (including phenoxy) is 2. The van der Waals surface area contributed by atoms with Gasteiger partial charge in [-0.3, -0.25) is 14.9 Å². The number of non-ortho nitro benzene ring substituents is 1. The number of amidine groups is 1. The fourth-order valence-corrected chi connectivity index (χ4v) is 4.03. The summed E-state index contributed by atoms with van der Waals surface area (Å²) in [7, 11) is 0. The predicted molar refractivity (Wildman–Crippen MR) is 132 cm³/mol. The number of thioether (sulfide) groups is 1. The molecule has 0 unspecified atom stereocenters. The van der Waals surface area contributed by atoms with E-state index in [1.54, 1.807) is 36.4 Å². The van der Waals surface area contributed by atoms with Crippen LogP contribution in [0.2, 0.25) is 0 Å². The smallest absolute Gasteiger partial charge is 0.269 e. The highest BCUT2D eigenvalue weighted by Crippen LogP contribution is 2.33. The molecule has 8 nitrogen and oxygen atoms in total. The van der Waals surface area contributed by atoms with Gasteiger partial charge in [0.1, 0.15) is 12.4 Å². The third kappa shape index (κ3) is 6.24. The van der Waals surface area contributed by atoms with Gasteiger partial charge in [-0.25, -0.2) is 9.38 Å². The van der Waals surface area contributed by atoms with Crippen LogP contribution in [0.25, 0.3) is 6.08 Å². The van der Waals surface area contributed by atoms with Gasteiger partial charge in [-0.1, -0.05) is 18.2 Å². The van der Waals surface area contributed by atoms with Crippen LogP contribution in [0.5, 0.6) is 11.5 Å². The number of rotatable bonds is 8. The number of hydrogen-bond donors (Lipinski definition) is 1. The Morgan fingerprint density at radius 1 is 1.09 bits per heavy atom. The van der Waals surface area contributed by atoms with Crippen molar-refractivity contribution in [1.82, 2.24) is 5.32 Å². The zero-order valence-electron chi connectivity index (χ0n) is 18.6. The molecule has 1 N–H and O–H groups in total. The Morgan fingerprint density at radius 2 is 1.89 bits per heavy atom. The molecule has 0 spiro atoms. The van der Waals surface area contributed by atoms with E-state index in [-0.39, 0.29) is 24.0 Å². The van der Waals surface area contributed by atoms with E-state index < -0.39 is 4.92 Å². The summed E-state index contributed by atoms with van der Waals surface area (Å²) in [6.45, 7) is 2.37. The molecule has 35 heavy (non-hydrogen) atoms. The molecule has 1 heterocycles. The van der Waals surface area contributed by atoms with Gasteiger partial charge >= 0.3 is 0 Å². The van der Waals surface area contributed by atoms with E-state index in [0.717, 1.165) is 5.56 Å². The van der Waals surface area contributed by atoms with Crippen molar-refractivity contribution in [2.75, 3.05) is 6.61 Å². The minimum absolute atomic E-state index is 0.00668. The van der Waals surface area contributed by atoms with E-state index in [1.165, 1.54) is 48.2 Å². The molecule has 0 radical (unpaired) electrons. The molecule has 0 bridgehead atoms. The first-order valence-corrected chi connectivity index (χ1v) is 11.4. The number of nitrogens with zero attached hydrogens (tertiary/aromatic N) is 2. The van der Waals surface area contributed by atoms with Gasteiger partial charge in [0.15, 0.2) is 16.7 Å². The summed E-state index contributed by atoms with van der Waals surface area (Å²) in [5.74, 6) is 0.304. The lowest BCUT2D eigenvalue weighted by atomic mass is 10.1. The highest BCUT2D eigenvalue weighted by Gasteiger charge is 2.24. The van der Waals surface area contributed by atoms with Crippen LogP contribution < -0.4 is 14.8 Å². The molecular formula is C25H20FN3O5S. The minimum atomic E-state index is -0.454. The van der Waals surface area contributed by atoms with E-state index in [0.29, 0.717) is 39.4 Å². The van der Waals surface area contributed by atoms with E-state index >= 15 is 0 Å². The fourth-order valence-electron chi connectivity index (χ4n) is 3.19. The number of nitro groups is 1. The topological polar surface area (TPSA) is 103 Å². The number of nitro benzene ring substituents is 1. The summed E-state index contributed by atoms with van der Waals surface area (Å²) in [5, 5.41) is 14.1. The van der Waals surface area contributed by atoms with Gasteiger partial charge in [-0.2, -0.15) is 0 Å². The van der Waals surface area contributed by atoms with Crippen molar-refractivity contribution in [3.63, 3.8) is 0 Å². The Balaban J connectivity index is 1.50. The highest BCUT2D eigenvalue weighted by molar-refractivity contribution is 8.18. The van der Waals surface area contributed by atoms with Gasteiger partial charge in [0, 0.05) is 12.1 Å². The van der Waals surface area contributed by atoms with Gasteiger partial charge in [0.25, 0.3) is 11.6 Å². The molecule has 1 saturated heterocycles. The molecule has 3 aromatic rings. The lowest BCUT2D eigenvalue weighted by molar-refractivity contribution is -0.384. The third-order valence-electron chi connectivity index (χ3n) is 4.79. The van der Waals surface area contributed by atoms with Crippen LogP contribution in [0.15, 0.2) is 76.6 Å². The first kappa shape index (κ1) is 24.0. The Bertz CT molecular complexity index is 1320. The van der Waals surface area contributed by atoms with Crippen molar-refractivity contribution in [2.45, 2.75) is 13.5 Å². The first-order chi connectivity index (χ1) is 16.9. The minimum Gasteiger partial charge on any atom is -0.490 e. The van der Waals surface area contributed by atoms with Crippen molar-refractivity contribution < 1.29 is 23.6 Å². The standard InChI is InChI=1S/C25H20FN3O5S/c1-2-33-22-13-16(6-11-21(22)34-15-17-4-3-5-20(12-17)29(31)32)14-23-24(30)28-25(35-23)27-19-9-7-18(26)8-10-19/h3-14H,2,15H2,1H3,(H,27,28,30)/b23-14+. The maximum Gasteiger partial charge on any atom is 0.269 e. The van der Waals surface area contributed by atoms with Crippen molar-refractivity contribution in [3.05, 3.63) is 98.7 Å². The zero-order valence-corrected chi connectivity index (χ0v) is 19.4. The third-order valence-corrected chi connectivity index (χ3v) is 5.70. The fraction of sp³-hybridized carbons (Fsp3) is 0.120. The Morgan fingerprint density at radius 3 is 2.63 bits per heavy atom. The van der Waals surface area contributed by atoms with Gasteiger partial charge in [-0.05, 0) is 72.3 Å². The van der Waals surface area contributed by atoms with Gasteiger partial charge in [0.2, 0.25) is 0 Å². The highest BCUT2D eigenvalue weighted by atomic mass is 32.2. The van der Waals surface area contributed by atoms with E-state index in [9.17, 15) is 19.3 Å². The van der Waals surface area contributed by atoms with Crippen LogP contribution in [0.1, 0.15) is 18.1 Å². The molecular weight excluding hydrogens is 473 g/mol. The molecule has 4 rings (SSSR count). The summed E-state index contributed by atoms with van der Waals surface area (Å²) in [6, 6.07) is 17.1. The number of carbonyl (C=O) groups is 1. The first-order valence-electron chi connectivity index (χ1n) is 10.6. The molecule has 1 aliphatic rings. The molecule has 3 aromatic carbocycles. The predicted octanol–water partition coefficient (Wildman–Crippen LogP) is 5.60.